The number of amides is 1. The molecular weight excluding hydrogens is 278 g/mol. The molecule has 1 N–H and O–H groups in total. The molecule has 22 heavy (non-hydrogen) atoms. The van der Waals surface area contributed by atoms with Crippen LogP contribution in [0.3, 0.4) is 0 Å². The van der Waals surface area contributed by atoms with Crippen molar-refractivity contribution in [1.29, 1.82) is 0 Å². The van der Waals surface area contributed by atoms with Gasteiger partial charge in [0.15, 0.2) is 6.61 Å². The molecule has 1 aromatic heterocycles. The average Bonchev–Trinajstić information content (AvgIpc) is 2.94. The van der Waals surface area contributed by atoms with Crippen LogP contribution >= 0.6 is 0 Å². The van der Waals surface area contributed by atoms with Gasteiger partial charge in [-0.25, -0.2) is 4.98 Å². The molecule has 0 spiro atoms. The van der Waals surface area contributed by atoms with E-state index in [9.17, 15) is 4.79 Å². The third-order valence-corrected chi connectivity index (χ3v) is 3.99. The van der Waals surface area contributed by atoms with Crippen molar-refractivity contribution < 1.29 is 9.53 Å². The first-order valence-electron chi connectivity index (χ1n) is 7.61. The van der Waals surface area contributed by atoms with Crippen molar-refractivity contribution in [2.75, 3.05) is 6.61 Å². The van der Waals surface area contributed by atoms with Crippen molar-refractivity contribution in [3.63, 3.8) is 0 Å². The summed E-state index contributed by atoms with van der Waals surface area (Å²) in [6.07, 6.45) is 5.59. The summed E-state index contributed by atoms with van der Waals surface area (Å²) in [5.41, 5.74) is 2.24. The number of fused-ring (bicyclic) bond motifs is 1. The van der Waals surface area contributed by atoms with Crippen LogP contribution in [0.15, 0.2) is 30.6 Å². The van der Waals surface area contributed by atoms with E-state index in [0.717, 1.165) is 36.5 Å². The molecule has 3 rings (SSSR count). The Balaban J connectivity index is 1.51. The van der Waals surface area contributed by atoms with Gasteiger partial charge < -0.3 is 14.6 Å². The number of ether oxygens (including phenoxy) is 1. The first-order chi connectivity index (χ1) is 10.6. The van der Waals surface area contributed by atoms with Crippen LogP contribution in [0.5, 0.6) is 5.75 Å². The second kappa shape index (κ2) is 6.22. The van der Waals surface area contributed by atoms with Gasteiger partial charge in [0.1, 0.15) is 11.6 Å². The van der Waals surface area contributed by atoms with Crippen LogP contribution in [0.2, 0.25) is 0 Å². The molecule has 1 aromatic carbocycles. The summed E-state index contributed by atoms with van der Waals surface area (Å²) in [5, 5.41) is 3.04. The Bertz CT molecular complexity index is 678. The molecule has 2 aromatic rings. The van der Waals surface area contributed by atoms with E-state index in [1.54, 1.807) is 0 Å². The van der Waals surface area contributed by atoms with Gasteiger partial charge in [-0.05, 0) is 31.9 Å². The molecular formula is C17H21N3O2. The van der Waals surface area contributed by atoms with E-state index in [1.807, 2.05) is 38.4 Å². The number of nitrogens with zero attached hydrogens (tertiary/aromatic N) is 2. The second-order valence-electron chi connectivity index (χ2n) is 5.86. The van der Waals surface area contributed by atoms with Gasteiger partial charge in [0.2, 0.25) is 0 Å². The molecule has 0 radical (unpaired) electrons. The molecule has 5 nitrogen and oxygen atoms in total. The van der Waals surface area contributed by atoms with E-state index in [-0.39, 0.29) is 18.6 Å². The number of hydrogen-bond acceptors (Lipinski definition) is 3. The topological polar surface area (TPSA) is 56.1 Å². The molecule has 1 atom stereocenters. The van der Waals surface area contributed by atoms with E-state index in [2.05, 4.69) is 20.9 Å². The van der Waals surface area contributed by atoms with Crippen LogP contribution in [0, 0.1) is 13.8 Å². The summed E-state index contributed by atoms with van der Waals surface area (Å²) in [6, 6.07) is 6.10. The summed E-state index contributed by atoms with van der Waals surface area (Å²) in [4.78, 5) is 16.3. The van der Waals surface area contributed by atoms with E-state index in [4.69, 9.17) is 4.74 Å². The number of carbonyl (C=O) groups is 1. The van der Waals surface area contributed by atoms with Crippen LogP contribution in [-0.2, 0) is 17.8 Å². The highest BCUT2D eigenvalue weighted by Gasteiger charge is 2.20. The fourth-order valence-corrected chi connectivity index (χ4v) is 2.86. The smallest absolute Gasteiger partial charge is 0.258 e. The molecule has 0 fully saturated rings. The number of imidazole rings is 1. The van der Waals surface area contributed by atoms with E-state index in [0.29, 0.717) is 0 Å². The zero-order chi connectivity index (χ0) is 15.5. The minimum Gasteiger partial charge on any atom is -0.484 e. The van der Waals surface area contributed by atoms with Gasteiger partial charge in [-0.1, -0.05) is 17.7 Å². The number of aromatic nitrogens is 2. The van der Waals surface area contributed by atoms with Gasteiger partial charge in [-0.3, -0.25) is 4.79 Å². The number of carbonyl (C=O) groups excluding carboxylic acids is 1. The predicted molar refractivity (Wildman–Crippen MR) is 83.9 cm³/mol. The Labute approximate surface area is 130 Å². The summed E-state index contributed by atoms with van der Waals surface area (Å²) in [6.45, 7) is 4.86. The molecule has 1 aliphatic rings. The van der Waals surface area contributed by atoms with Gasteiger partial charge in [0.25, 0.3) is 5.91 Å². The maximum atomic E-state index is 12.1. The van der Waals surface area contributed by atoms with Crippen LogP contribution in [0.1, 0.15) is 23.4 Å². The normalized spacial score (nSPS) is 16.9. The van der Waals surface area contributed by atoms with Crippen LogP contribution in [0.25, 0.3) is 0 Å². The highest BCUT2D eigenvalue weighted by atomic mass is 16.5. The average molecular weight is 299 g/mol. The van der Waals surface area contributed by atoms with Crippen LogP contribution < -0.4 is 10.1 Å². The van der Waals surface area contributed by atoms with E-state index < -0.39 is 0 Å². The standard InChI is InChI=1S/C17H21N3O2/c1-12-3-5-15(13(2)9-12)22-11-17(21)19-14-4-6-16-18-7-8-20(16)10-14/h3,5,7-9,14H,4,6,10-11H2,1-2H3,(H,19,21)/t14-/m0/s1. The molecule has 0 saturated heterocycles. The van der Waals surface area contributed by atoms with Gasteiger partial charge in [-0.15, -0.1) is 0 Å². The maximum absolute atomic E-state index is 12.1. The zero-order valence-corrected chi connectivity index (χ0v) is 13.0. The predicted octanol–water partition coefficient (Wildman–Crippen LogP) is 2.01. The van der Waals surface area contributed by atoms with Crippen molar-refractivity contribution in [3.05, 3.63) is 47.5 Å². The zero-order valence-electron chi connectivity index (χ0n) is 13.0. The maximum Gasteiger partial charge on any atom is 0.258 e. The Morgan fingerprint density at radius 3 is 3.14 bits per heavy atom. The molecule has 116 valence electrons. The highest BCUT2D eigenvalue weighted by Crippen LogP contribution is 2.18. The monoisotopic (exact) mass is 299 g/mol. The number of rotatable bonds is 4. The van der Waals surface area contributed by atoms with Crippen molar-refractivity contribution in [1.82, 2.24) is 14.9 Å². The lowest BCUT2D eigenvalue weighted by molar-refractivity contribution is -0.124. The molecule has 5 heteroatoms. The lowest BCUT2D eigenvalue weighted by atomic mass is 10.1. The van der Waals surface area contributed by atoms with E-state index >= 15 is 0 Å². The summed E-state index contributed by atoms with van der Waals surface area (Å²) < 4.78 is 7.72. The lowest BCUT2D eigenvalue weighted by Gasteiger charge is -2.24. The van der Waals surface area contributed by atoms with Crippen molar-refractivity contribution in [3.8, 4) is 5.75 Å². The Morgan fingerprint density at radius 1 is 1.45 bits per heavy atom. The number of aryl methyl sites for hydroxylation is 3. The van der Waals surface area contributed by atoms with Crippen LogP contribution in [-0.4, -0.2) is 28.1 Å². The molecule has 0 aliphatic carbocycles. The Hall–Kier alpha value is -2.30. The highest BCUT2D eigenvalue weighted by molar-refractivity contribution is 5.77. The second-order valence-corrected chi connectivity index (χ2v) is 5.86. The molecule has 0 unspecified atom stereocenters. The molecule has 2 heterocycles. The Kier molecular flexibility index (Phi) is 4.13. The fraction of sp³-hybridized carbons (Fsp3) is 0.412. The first kappa shape index (κ1) is 14.6. The third kappa shape index (κ3) is 3.30. The van der Waals surface area contributed by atoms with E-state index in [1.165, 1.54) is 5.56 Å². The lowest BCUT2D eigenvalue weighted by Crippen LogP contribution is -2.42. The summed E-state index contributed by atoms with van der Waals surface area (Å²) in [7, 11) is 0. The summed E-state index contributed by atoms with van der Waals surface area (Å²) >= 11 is 0. The molecule has 1 amide bonds. The van der Waals surface area contributed by atoms with Gasteiger partial charge in [0.05, 0.1) is 0 Å². The molecule has 0 saturated carbocycles. The largest absolute Gasteiger partial charge is 0.484 e. The SMILES string of the molecule is Cc1ccc(OCC(=O)N[C@H]2CCc3nccn3C2)c(C)c1. The number of hydrogen-bond donors (Lipinski definition) is 1. The fourth-order valence-electron chi connectivity index (χ4n) is 2.86. The number of benzene rings is 1. The molecule has 0 bridgehead atoms. The minimum atomic E-state index is -0.0754. The van der Waals surface area contributed by atoms with Gasteiger partial charge in [-0.2, -0.15) is 0 Å². The van der Waals surface area contributed by atoms with Crippen molar-refractivity contribution >= 4 is 5.91 Å². The first-order valence-corrected chi connectivity index (χ1v) is 7.61. The van der Waals surface area contributed by atoms with Gasteiger partial charge >= 0.3 is 0 Å². The van der Waals surface area contributed by atoms with Gasteiger partial charge in [0, 0.05) is 31.4 Å². The quantitative estimate of drug-likeness (QED) is 0.939. The molecule has 1 aliphatic heterocycles. The third-order valence-electron chi connectivity index (χ3n) is 3.99. The van der Waals surface area contributed by atoms with Crippen LogP contribution in [0.4, 0.5) is 0 Å². The number of nitrogens with one attached hydrogen (secondary N) is 1. The summed E-state index contributed by atoms with van der Waals surface area (Å²) in [5.74, 6) is 1.78. The van der Waals surface area contributed by atoms with Crippen molar-refractivity contribution in [2.24, 2.45) is 0 Å². The van der Waals surface area contributed by atoms with Crippen molar-refractivity contribution in [2.45, 2.75) is 39.3 Å². The minimum absolute atomic E-state index is 0.0528. The Morgan fingerprint density at radius 2 is 2.32 bits per heavy atom.